The first-order chi connectivity index (χ1) is 10.1. The van der Waals surface area contributed by atoms with Gasteiger partial charge in [0.15, 0.2) is 0 Å². The second-order valence-electron chi connectivity index (χ2n) is 5.16. The predicted molar refractivity (Wildman–Crippen MR) is 92.0 cm³/mol. The van der Waals surface area contributed by atoms with E-state index >= 15 is 0 Å². The number of hydrogen-bond donors (Lipinski definition) is 1. The Morgan fingerprint density at radius 3 is 2.57 bits per heavy atom. The van der Waals surface area contributed by atoms with Gasteiger partial charge in [-0.3, -0.25) is 0 Å². The van der Waals surface area contributed by atoms with Gasteiger partial charge in [0.1, 0.15) is 12.4 Å². The Hall–Kier alpha value is -1.52. The average Bonchev–Trinajstić information content (AvgIpc) is 2.47. The SMILES string of the molecule is CN(C)CCOc1cccc(NCc2ccc(Br)cc2)c1. The molecule has 21 heavy (non-hydrogen) atoms. The van der Waals surface area contributed by atoms with Crippen molar-refractivity contribution in [2.75, 3.05) is 32.6 Å². The summed E-state index contributed by atoms with van der Waals surface area (Å²) in [7, 11) is 4.08. The molecule has 0 atom stereocenters. The van der Waals surface area contributed by atoms with Gasteiger partial charge in [-0.05, 0) is 43.9 Å². The Labute approximate surface area is 135 Å². The van der Waals surface area contributed by atoms with E-state index in [-0.39, 0.29) is 0 Å². The van der Waals surface area contributed by atoms with Crippen molar-refractivity contribution in [2.24, 2.45) is 0 Å². The third kappa shape index (κ3) is 5.78. The van der Waals surface area contributed by atoms with E-state index in [0.717, 1.165) is 29.0 Å². The summed E-state index contributed by atoms with van der Waals surface area (Å²) >= 11 is 3.44. The van der Waals surface area contributed by atoms with Gasteiger partial charge >= 0.3 is 0 Å². The first-order valence-corrected chi connectivity index (χ1v) is 7.79. The topological polar surface area (TPSA) is 24.5 Å². The number of likely N-dealkylation sites (N-methyl/N-ethyl adjacent to an activating group) is 1. The van der Waals surface area contributed by atoms with E-state index in [0.29, 0.717) is 6.61 Å². The molecule has 0 aromatic heterocycles. The van der Waals surface area contributed by atoms with Crippen molar-refractivity contribution >= 4 is 21.6 Å². The Morgan fingerprint density at radius 2 is 1.86 bits per heavy atom. The summed E-state index contributed by atoms with van der Waals surface area (Å²) in [5.41, 5.74) is 2.32. The molecule has 0 aliphatic rings. The zero-order valence-corrected chi connectivity index (χ0v) is 14.1. The first kappa shape index (κ1) is 15.9. The molecule has 2 rings (SSSR count). The minimum absolute atomic E-state index is 0.698. The van der Waals surface area contributed by atoms with Crippen molar-refractivity contribution in [3.8, 4) is 5.75 Å². The fourth-order valence-corrected chi connectivity index (χ4v) is 2.11. The number of hydrogen-bond acceptors (Lipinski definition) is 3. The standard InChI is InChI=1S/C17H21BrN2O/c1-20(2)10-11-21-17-5-3-4-16(12-17)19-13-14-6-8-15(18)9-7-14/h3-9,12,19H,10-11,13H2,1-2H3. The molecule has 0 spiro atoms. The van der Waals surface area contributed by atoms with Gasteiger partial charge in [-0.2, -0.15) is 0 Å². The van der Waals surface area contributed by atoms with Crippen LogP contribution < -0.4 is 10.1 Å². The molecule has 1 N–H and O–H groups in total. The van der Waals surface area contributed by atoms with E-state index in [1.54, 1.807) is 0 Å². The highest BCUT2D eigenvalue weighted by molar-refractivity contribution is 9.10. The lowest BCUT2D eigenvalue weighted by Crippen LogP contribution is -2.19. The van der Waals surface area contributed by atoms with Crippen LogP contribution in [-0.2, 0) is 6.54 Å². The van der Waals surface area contributed by atoms with Crippen molar-refractivity contribution in [2.45, 2.75) is 6.54 Å². The number of halogens is 1. The summed E-state index contributed by atoms with van der Waals surface area (Å²) in [6, 6.07) is 16.4. The summed E-state index contributed by atoms with van der Waals surface area (Å²) in [6.45, 7) is 2.41. The van der Waals surface area contributed by atoms with Gasteiger partial charge in [0.2, 0.25) is 0 Å². The molecule has 2 aromatic carbocycles. The van der Waals surface area contributed by atoms with Crippen LogP contribution in [0.15, 0.2) is 53.0 Å². The monoisotopic (exact) mass is 348 g/mol. The first-order valence-electron chi connectivity index (χ1n) is 6.99. The predicted octanol–water partition coefficient (Wildman–Crippen LogP) is 4.00. The molecule has 0 radical (unpaired) electrons. The van der Waals surface area contributed by atoms with Gasteiger partial charge in [-0.1, -0.05) is 34.1 Å². The highest BCUT2D eigenvalue weighted by Crippen LogP contribution is 2.18. The lowest BCUT2D eigenvalue weighted by molar-refractivity contribution is 0.261. The van der Waals surface area contributed by atoms with Crippen LogP contribution in [0, 0.1) is 0 Å². The maximum atomic E-state index is 5.74. The Morgan fingerprint density at radius 1 is 1.10 bits per heavy atom. The zero-order valence-electron chi connectivity index (χ0n) is 12.5. The van der Waals surface area contributed by atoms with Crippen molar-refractivity contribution in [1.29, 1.82) is 0 Å². The number of benzene rings is 2. The number of nitrogens with zero attached hydrogens (tertiary/aromatic N) is 1. The molecule has 112 valence electrons. The summed E-state index contributed by atoms with van der Waals surface area (Å²) in [4.78, 5) is 2.11. The van der Waals surface area contributed by atoms with E-state index in [1.165, 1.54) is 5.56 Å². The molecule has 0 aliphatic carbocycles. The van der Waals surface area contributed by atoms with Crippen molar-refractivity contribution in [3.05, 3.63) is 58.6 Å². The molecule has 0 heterocycles. The molecule has 0 fully saturated rings. The van der Waals surface area contributed by atoms with Crippen LogP contribution >= 0.6 is 15.9 Å². The molecule has 0 amide bonds. The summed E-state index contributed by atoms with van der Waals surface area (Å²) in [5, 5.41) is 3.41. The van der Waals surface area contributed by atoms with Crippen molar-refractivity contribution in [1.82, 2.24) is 4.90 Å². The van der Waals surface area contributed by atoms with Gasteiger partial charge < -0.3 is 15.0 Å². The van der Waals surface area contributed by atoms with Crippen LogP contribution in [0.5, 0.6) is 5.75 Å². The van der Waals surface area contributed by atoms with Crippen LogP contribution in [0.4, 0.5) is 5.69 Å². The molecule has 4 heteroatoms. The van der Waals surface area contributed by atoms with Gasteiger partial charge in [-0.15, -0.1) is 0 Å². The number of nitrogens with one attached hydrogen (secondary N) is 1. The molecule has 0 saturated heterocycles. The Balaban J connectivity index is 1.87. The van der Waals surface area contributed by atoms with Crippen molar-refractivity contribution in [3.63, 3.8) is 0 Å². The second kappa shape index (κ2) is 8.05. The number of ether oxygens (including phenoxy) is 1. The van der Waals surface area contributed by atoms with E-state index in [4.69, 9.17) is 4.74 Å². The largest absolute Gasteiger partial charge is 0.492 e. The molecule has 0 unspecified atom stereocenters. The van der Waals surface area contributed by atoms with Gasteiger partial charge in [-0.25, -0.2) is 0 Å². The molecular formula is C17H21BrN2O. The van der Waals surface area contributed by atoms with E-state index in [2.05, 4.69) is 56.5 Å². The lowest BCUT2D eigenvalue weighted by atomic mass is 10.2. The summed E-state index contributed by atoms with van der Waals surface area (Å²) in [5.74, 6) is 0.901. The second-order valence-corrected chi connectivity index (χ2v) is 6.08. The van der Waals surface area contributed by atoms with Gasteiger partial charge in [0.25, 0.3) is 0 Å². The Bertz CT molecular complexity index is 555. The highest BCUT2D eigenvalue weighted by Gasteiger charge is 1.98. The van der Waals surface area contributed by atoms with Crippen LogP contribution in [0.2, 0.25) is 0 Å². The molecule has 0 bridgehead atoms. The maximum absolute atomic E-state index is 5.74. The molecule has 0 aliphatic heterocycles. The van der Waals surface area contributed by atoms with E-state index in [9.17, 15) is 0 Å². The highest BCUT2D eigenvalue weighted by atomic mass is 79.9. The minimum Gasteiger partial charge on any atom is -0.492 e. The average molecular weight is 349 g/mol. The molecular weight excluding hydrogens is 328 g/mol. The van der Waals surface area contributed by atoms with E-state index < -0.39 is 0 Å². The maximum Gasteiger partial charge on any atom is 0.121 e. The van der Waals surface area contributed by atoms with Gasteiger partial charge in [0, 0.05) is 29.3 Å². The number of anilines is 1. The van der Waals surface area contributed by atoms with Gasteiger partial charge in [0.05, 0.1) is 0 Å². The summed E-state index contributed by atoms with van der Waals surface area (Å²) in [6.07, 6.45) is 0. The zero-order chi connectivity index (χ0) is 15.1. The normalized spacial score (nSPS) is 10.7. The minimum atomic E-state index is 0.698. The molecule has 0 saturated carbocycles. The third-order valence-corrected chi connectivity index (χ3v) is 3.58. The van der Waals surface area contributed by atoms with Crippen LogP contribution in [-0.4, -0.2) is 32.1 Å². The van der Waals surface area contributed by atoms with Crippen LogP contribution in [0.25, 0.3) is 0 Å². The van der Waals surface area contributed by atoms with E-state index in [1.807, 2.05) is 32.3 Å². The summed E-state index contributed by atoms with van der Waals surface area (Å²) < 4.78 is 6.84. The fourth-order valence-electron chi connectivity index (χ4n) is 1.85. The molecule has 2 aromatic rings. The van der Waals surface area contributed by atoms with Crippen molar-refractivity contribution < 1.29 is 4.74 Å². The smallest absolute Gasteiger partial charge is 0.121 e. The third-order valence-electron chi connectivity index (χ3n) is 3.05. The Kier molecular flexibility index (Phi) is 6.08. The lowest BCUT2D eigenvalue weighted by Gasteiger charge is -2.12. The quantitative estimate of drug-likeness (QED) is 0.818. The number of rotatable bonds is 7. The van der Waals surface area contributed by atoms with Crippen LogP contribution in [0.1, 0.15) is 5.56 Å². The molecule has 3 nitrogen and oxygen atoms in total. The fraction of sp³-hybridized carbons (Fsp3) is 0.294. The van der Waals surface area contributed by atoms with Crippen LogP contribution in [0.3, 0.4) is 0 Å².